The van der Waals surface area contributed by atoms with E-state index in [9.17, 15) is 0 Å². The van der Waals surface area contributed by atoms with E-state index in [4.69, 9.17) is 5.41 Å². The van der Waals surface area contributed by atoms with Gasteiger partial charge in [0.15, 0.2) is 0 Å². The summed E-state index contributed by atoms with van der Waals surface area (Å²) in [6, 6.07) is 8.12. The van der Waals surface area contributed by atoms with Crippen LogP contribution < -0.4 is 0 Å². The normalized spacial score (nSPS) is 13.5. The largest absolute Gasteiger partial charge is 0.305 e. The Balaban J connectivity index is 3.25. The molecule has 2 nitrogen and oxygen atoms in total. The van der Waals surface area contributed by atoms with Crippen LogP contribution >= 0.6 is 0 Å². The van der Waals surface area contributed by atoms with E-state index in [0.717, 1.165) is 29.7 Å². The molecule has 0 fully saturated rings. The van der Waals surface area contributed by atoms with Gasteiger partial charge in [-0.15, -0.1) is 0 Å². The molecule has 1 unspecified atom stereocenters. The zero-order valence-corrected chi connectivity index (χ0v) is 11.2. The maximum Gasteiger partial charge on any atom is 0.0451 e. The Bertz CT molecular complexity index is 419. The molecule has 0 amide bonds. The third-order valence-electron chi connectivity index (χ3n) is 3.20. The summed E-state index contributed by atoms with van der Waals surface area (Å²) in [5.41, 5.74) is 3.94. The quantitative estimate of drug-likeness (QED) is 0.744. The first-order valence-corrected chi connectivity index (χ1v) is 6.29. The topological polar surface area (TPSA) is 36.2 Å². The minimum absolute atomic E-state index is 0.436. The highest BCUT2D eigenvalue weighted by Gasteiger charge is 2.15. The van der Waals surface area contributed by atoms with Gasteiger partial charge in [-0.3, -0.25) is 4.99 Å². The number of nitrogens with one attached hydrogen (secondary N) is 1. The van der Waals surface area contributed by atoms with E-state index in [1.54, 1.807) is 0 Å². The van der Waals surface area contributed by atoms with Gasteiger partial charge in [0, 0.05) is 29.6 Å². The molecule has 92 valence electrons. The molecule has 0 heterocycles. The highest BCUT2D eigenvalue weighted by Crippen LogP contribution is 2.18. The molecule has 1 atom stereocenters. The van der Waals surface area contributed by atoms with Crippen LogP contribution in [0.5, 0.6) is 0 Å². The predicted octanol–water partition coefficient (Wildman–Crippen LogP) is 3.93. The Morgan fingerprint density at radius 2 is 1.82 bits per heavy atom. The monoisotopic (exact) mass is 230 g/mol. The molecule has 0 aliphatic carbocycles. The van der Waals surface area contributed by atoms with Crippen molar-refractivity contribution in [2.75, 3.05) is 7.05 Å². The molecule has 0 aliphatic rings. The smallest absolute Gasteiger partial charge is 0.0451 e. The Hall–Kier alpha value is -1.44. The first-order chi connectivity index (χ1) is 8.15. The summed E-state index contributed by atoms with van der Waals surface area (Å²) in [4.78, 5) is 4.43. The molecular weight excluding hydrogens is 208 g/mol. The number of benzene rings is 1. The zero-order chi connectivity index (χ0) is 12.8. The molecule has 0 spiro atoms. The van der Waals surface area contributed by atoms with E-state index in [-0.39, 0.29) is 0 Å². The fraction of sp³-hybridized carbons (Fsp3) is 0.467. The Morgan fingerprint density at radius 1 is 1.24 bits per heavy atom. The van der Waals surface area contributed by atoms with E-state index in [1.807, 2.05) is 32.2 Å². The van der Waals surface area contributed by atoms with Gasteiger partial charge in [0.05, 0.1) is 0 Å². The minimum atomic E-state index is 0.436. The Kier molecular flexibility index (Phi) is 5.08. The van der Waals surface area contributed by atoms with Crippen LogP contribution in [-0.2, 0) is 0 Å². The third kappa shape index (κ3) is 3.02. The van der Waals surface area contributed by atoms with Crippen LogP contribution in [0.3, 0.4) is 0 Å². The van der Waals surface area contributed by atoms with Crippen molar-refractivity contribution >= 4 is 11.4 Å². The predicted molar refractivity (Wildman–Crippen MR) is 75.5 cm³/mol. The Labute approximate surface area is 104 Å². The lowest BCUT2D eigenvalue weighted by atomic mass is 9.90. The number of hydrogen-bond donors (Lipinski definition) is 1. The van der Waals surface area contributed by atoms with Crippen LogP contribution in [0.15, 0.2) is 29.3 Å². The first kappa shape index (κ1) is 13.6. The molecule has 0 saturated carbocycles. The molecule has 1 aromatic carbocycles. The summed E-state index contributed by atoms with van der Waals surface area (Å²) in [7, 11) is 1.84. The lowest BCUT2D eigenvalue weighted by Crippen LogP contribution is -2.16. The summed E-state index contributed by atoms with van der Waals surface area (Å²) < 4.78 is 0. The standard InChI is InChI=1S/C15H22N2/c1-5-11(3)15(17-4)13-10-8-7-9-12(13)14(16)6-2/h7-11,16H,5-6H2,1-4H3/b16-14?,17-15-. The average molecular weight is 230 g/mol. The summed E-state index contributed by atoms with van der Waals surface area (Å²) in [5.74, 6) is 0.436. The summed E-state index contributed by atoms with van der Waals surface area (Å²) in [6.45, 7) is 6.38. The average Bonchev–Trinajstić information content (AvgIpc) is 2.39. The van der Waals surface area contributed by atoms with Gasteiger partial charge in [-0.2, -0.15) is 0 Å². The fourth-order valence-electron chi connectivity index (χ4n) is 1.96. The molecular formula is C15H22N2. The van der Waals surface area contributed by atoms with Crippen molar-refractivity contribution in [3.8, 4) is 0 Å². The SMILES string of the molecule is CCC(=N)c1ccccc1/C(=N\C)C(C)CC. The van der Waals surface area contributed by atoms with E-state index in [0.29, 0.717) is 11.6 Å². The molecule has 0 saturated heterocycles. The summed E-state index contributed by atoms with van der Waals surface area (Å²) >= 11 is 0. The van der Waals surface area contributed by atoms with E-state index < -0.39 is 0 Å². The van der Waals surface area contributed by atoms with Crippen LogP contribution in [0.4, 0.5) is 0 Å². The van der Waals surface area contributed by atoms with E-state index >= 15 is 0 Å². The van der Waals surface area contributed by atoms with Crippen molar-refractivity contribution in [2.45, 2.75) is 33.6 Å². The lowest BCUT2D eigenvalue weighted by Gasteiger charge is -2.16. The minimum Gasteiger partial charge on any atom is -0.305 e. The second-order valence-electron chi connectivity index (χ2n) is 4.30. The van der Waals surface area contributed by atoms with Gasteiger partial charge in [-0.1, -0.05) is 45.0 Å². The van der Waals surface area contributed by atoms with Crippen molar-refractivity contribution < 1.29 is 0 Å². The first-order valence-electron chi connectivity index (χ1n) is 6.29. The summed E-state index contributed by atoms with van der Waals surface area (Å²) in [5, 5.41) is 8.03. The van der Waals surface area contributed by atoms with Crippen LogP contribution in [0.1, 0.15) is 44.7 Å². The molecule has 1 rings (SSSR count). The molecule has 2 heteroatoms. The molecule has 1 N–H and O–H groups in total. The highest BCUT2D eigenvalue weighted by molar-refractivity contribution is 6.12. The lowest BCUT2D eigenvalue weighted by molar-refractivity contribution is 0.738. The molecule has 0 radical (unpaired) electrons. The van der Waals surface area contributed by atoms with Gasteiger partial charge >= 0.3 is 0 Å². The fourth-order valence-corrected chi connectivity index (χ4v) is 1.96. The van der Waals surface area contributed by atoms with Crippen LogP contribution in [-0.4, -0.2) is 18.5 Å². The maximum atomic E-state index is 8.03. The van der Waals surface area contributed by atoms with Crippen molar-refractivity contribution in [1.29, 1.82) is 5.41 Å². The van der Waals surface area contributed by atoms with Gasteiger partial charge in [0.1, 0.15) is 0 Å². The highest BCUT2D eigenvalue weighted by atomic mass is 14.7. The summed E-state index contributed by atoms with van der Waals surface area (Å²) in [6.07, 6.45) is 1.83. The van der Waals surface area contributed by atoms with E-state index in [2.05, 4.69) is 24.9 Å². The van der Waals surface area contributed by atoms with Gasteiger partial charge < -0.3 is 5.41 Å². The van der Waals surface area contributed by atoms with Gasteiger partial charge in [0.25, 0.3) is 0 Å². The number of aliphatic imine (C=N–C) groups is 1. The van der Waals surface area contributed by atoms with Crippen molar-refractivity contribution in [3.63, 3.8) is 0 Å². The molecule has 0 bridgehead atoms. The molecule has 0 aliphatic heterocycles. The van der Waals surface area contributed by atoms with Crippen molar-refractivity contribution in [3.05, 3.63) is 35.4 Å². The van der Waals surface area contributed by atoms with Gasteiger partial charge in [-0.25, -0.2) is 0 Å². The number of hydrogen-bond acceptors (Lipinski definition) is 2. The molecule has 17 heavy (non-hydrogen) atoms. The third-order valence-corrected chi connectivity index (χ3v) is 3.20. The van der Waals surface area contributed by atoms with Crippen LogP contribution in [0.2, 0.25) is 0 Å². The van der Waals surface area contributed by atoms with Crippen LogP contribution in [0, 0.1) is 11.3 Å². The number of nitrogens with zero attached hydrogens (tertiary/aromatic N) is 1. The second-order valence-corrected chi connectivity index (χ2v) is 4.30. The van der Waals surface area contributed by atoms with Crippen molar-refractivity contribution in [1.82, 2.24) is 0 Å². The molecule has 0 aromatic heterocycles. The molecule has 1 aromatic rings. The second kappa shape index (κ2) is 6.33. The number of rotatable bonds is 5. The van der Waals surface area contributed by atoms with Crippen molar-refractivity contribution in [2.24, 2.45) is 10.9 Å². The van der Waals surface area contributed by atoms with Gasteiger partial charge in [-0.05, 0) is 18.8 Å². The van der Waals surface area contributed by atoms with Gasteiger partial charge in [0.2, 0.25) is 0 Å². The van der Waals surface area contributed by atoms with E-state index in [1.165, 1.54) is 0 Å². The Morgan fingerprint density at radius 3 is 2.29 bits per heavy atom. The van der Waals surface area contributed by atoms with Crippen LogP contribution in [0.25, 0.3) is 0 Å². The zero-order valence-electron chi connectivity index (χ0n) is 11.2. The maximum absolute atomic E-state index is 8.03.